The van der Waals surface area contributed by atoms with Gasteiger partial charge in [-0.05, 0) is 12.1 Å². The van der Waals surface area contributed by atoms with Crippen molar-refractivity contribution in [3.8, 4) is 17.2 Å². The smallest absolute Gasteiger partial charge is 0.343 e. The molecule has 0 fully saturated rings. The van der Waals surface area contributed by atoms with E-state index in [1.54, 1.807) is 30.3 Å². The van der Waals surface area contributed by atoms with E-state index in [1.165, 1.54) is 18.2 Å². The van der Waals surface area contributed by atoms with Crippen molar-refractivity contribution < 1.29 is 28.6 Å². The van der Waals surface area contributed by atoms with Crippen LogP contribution in [0.4, 0.5) is 0 Å². The standard InChI is InChI=1S/C15H10O6/c16-9-19-12-6-13(20-10-17)8-14(7-12)21-15(18)11-4-2-1-3-5-11/h1-10H. The molecule has 0 atom stereocenters. The molecule has 0 aromatic heterocycles. The summed E-state index contributed by atoms with van der Waals surface area (Å²) in [4.78, 5) is 32.6. The average Bonchev–Trinajstić information content (AvgIpc) is 2.48. The third kappa shape index (κ3) is 3.90. The van der Waals surface area contributed by atoms with Gasteiger partial charge in [0.1, 0.15) is 17.2 Å². The molecule has 6 nitrogen and oxygen atoms in total. The number of rotatable bonds is 6. The van der Waals surface area contributed by atoms with Crippen LogP contribution in [-0.2, 0) is 9.59 Å². The highest BCUT2D eigenvalue weighted by atomic mass is 16.5. The van der Waals surface area contributed by atoms with Gasteiger partial charge in [0.15, 0.2) is 0 Å². The van der Waals surface area contributed by atoms with Crippen LogP contribution in [0.25, 0.3) is 0 Å². The first-order valence-corrected chi connectivity index (χ1v) is 5.86. The van der Waals surface area contributed by atoms with Crippen LogP contribution in [0.5, 0.6) is 17.2 Å². The third-order valence-corrected chi connectivity index (χ3v) is 2.44. The fraction of sp³-hybridized carbons (Fsp3) is 0. The Kier molecular flexibility index (Phi) is 4.66. The van der Waals surface area contributed by atoms with E-state index in [9.17, 15) is 14.4 Å². The Bertz CT molecular complexity index is 622. The lowest BCUT2D eigenvalue weighted by molar-refractivity contribution is -0.121. The molecule has 0 amide bonds. The molecule has 106 valence electrons. The molecule has 21 heavy (non-hydrogen) atoms. The van der Waals surface area contributed by atoms with Crippen LogP contribution < -0.4 is 14.2 Å². The fourth-order valence-corrected chi connectivity index (χ4v) is 1.59. The molecule has 0 radical (unpaired) electrons. The molecule has 0 spiro atoms. The van der Waals surface area contributed by atoms with Crippen molar-refractivity contribution >= 4 is 18.9 Å². The molecule has 0 unspecified atom stereocenters. The van der Waals surface area contributed by atoms with E-state index in [0.717, 1.165) is 0 Å². The first-order chi connectivity index (χ1) is 10.2. The molecule has 2 aromatic carbocycles. The Labute approximate surface area is 119 Å². The molecule has 0 N–H and O–H groups in total. The molecule has 0 saturated carbocycles. The number of hydrogen-bond donors (Lipinski definition) is 0. The van der Waals surface area contributed by atoms with Crippen molar-refractivity contribution in [3.63, 3.8) is 0 Å². The maximum atomic E-state index is 11.9. The second kappa shape index (κ2) is 6.85. The van der Waals surface area contributed by atoms with Crippen molar-refractivity contribution in [1.82, 2.24) is 0 Å². The summed E-state index contributed by atoms with van der Waals surface area (Å²) < 4.78 is 14.4. The molecular formula is C15H10O6. The van der Waals surface area contributed by atoms with Gasteiger partial charge >= 0.3 is 5.97 Å². The number of ether oxygens (including phenoxy) is 3. The highest BCUT2D eigenvalue weighted by Crippen LogP contribution is 2.28. The van der Waals surface area contributed by atoms with Crippen LogP contribution >= 0.6 is 0 Å². The zero-order valence-corrected chi connectivity index (χ0v) is 10.7. The summed E-state index contributed by atoms with van der Waals surface area (Å²) in [6.07, 6.45) is 0. The van der Waals surface area contributed by atoms with Gasteiger partial charge in [-0.3, -0.25) is 9.59 Å². The number of carbonyl (C=O) groups is 3. The minimum absolute atomic E-state index is 0.0834. The summed E-state index contributed by atoms with van der Waals surface area (Å²) in [5.41, 5.74) is 0.358. The molecule has 0 heterocycles. The molecule has 0 bridgehead atoms. The quantitative estimate of drug-likeness (QED) is 0.459. The van der Waals surface area contributed by atoms with Gasteiger partial charge < -0.3 is 14.2 Å². The largest absolute Gasteiger partial charge is 0.428 e. The van der Waals surface area contributed by atoms with E-state index < -0.39 is 5.97 Å². The minimum atomic E-state index is -0.587. The predicted octanol–water partition coefficient (Wildman–Crippen LogP) is 1.98. The Morgan fingerprint density at radius 1 is 0.810 bits per heavy atom. The van der Waals surface area contributed by atoms with E-state index in [2.05, 4.69) is 9.47 Å². The summed E-state index contributed by atoms with van der Waals surface area (Å²) in [5, 5.41) is 0. The highest BCUT2D eigenvalue weighted by Gasteiger charge is 2.11. The normalized spacial score (nSPS) is 9.52. The van der Waals surface area contributed by atoms with Gasteiger partial charge in [-0.1, -0.05) is 18.2 Å². The predicted molar refractivity (Wildman–Crippen MR) is 71.2 cm³/mol. The molecule has 6 heteroatoms. The number of benzene rings is 2. The Balaban J connectivity index is 2.23. The van der Waals surface area contributed by atoms with Crippen LogP contribution in [-0.4, -0.2) is 18.9 Å². The Morgan fingerprint density at radius 2 is 1.33 bits per heavy atom. The molecule has 2 rings (SSSR count). The summed E-state index contributed by atoms with van der Waals surface area (Å²) in [6.45, 7) is 0.422. The van der Waals surface area contributed by atoms with Gasteiger partial charge in [-0.25, -0.2) is 4.79 Å². The van der Waals surface area contributed by atoms with Crippen LogP contribution in [0, 0.1) is 0 Å². The zero-order chi connectivity index (χ0) is 15.1. The molecule has 0 aliphatic rings. The lowest BCUT2D eigenvalue weighted by Gasteiger charge is -2.08. The van der Waals surface area contributed by atoms with Crippen LogP contribution in [0.15, 0.2) is 48.5 Å². The Morgan fingerprint density at radius 3 is 1.86 bits per heavy atom. The van der Waals surface area contributed by atoms with E-state index in [0.29, 0.717) is 5.56 Å². The summed E-state index contributed by atoms with van der Waals surface area (Å²) >= 11 is 0. The van der Waals surface area contributed by atoms with Gasteiger partial charge in [0.2, 0.25) is 0 Å². The molecule has 0 saturated heterocycles. The maximum Gasteiger partial charge on any atom is 0.343 e. The lowest BCUT2D eigenvalue weighted by Crippen LogP contribution is -2.08. The Hall–Kier alpha value is -3.15. The number of hydrogen-bond acceptors (Lipinski definition) is 6. The van der Waals surface area contributed by atoms with E-state index in [4.69, 9.17) is 4.74 Å². The molecule has 2 aromatic rings. The molecule has 0 aliphatic heterocycles. The summed E-state index contributed by atoms with van der Waals surface area (Å²) in [7, 11) is 0. The minimum Gasteiger partial charge on any atom is -0.428 e. The molecule has 0 aliphatic carbocycles. The average molecular weight is 286 g/mol. The fourth-order valence-electron chi connectivity index (χ4n) is 1.59. The van der Waals surface area contributed by atoms with Crippen LogP contribution in [0.3, 0.4) is 0 Å². The lowest BCUT2D eigenvalue weighted by atomic mass is 10.2. The van der Waals surface area contributed by atoms with Crippen molar-refractivity contribution in [2.45, 2.75) is 0 Å². The van der Waals surface area contributed by atoms with E-state index in [1.807, 2.05) is 0 Å². The summed E-state index contributed by atoms with van der Waals surface area (Å²) in [5.74, 6) is -0.337. The second-order valence-electron chi connectivity index (χ2n) is 3.82. The van der Waals surface area contributed by atoms with Crippen LogP contribution in [0.1, 0.15) is 10.4 Å². The first-order valence-electron chi connectivity index (χ1n) is 5.86. The topological polar surface area (TPSA) is 78.9 Å². The van der Waals surface area contributed by atoms with Crippen LogP contribution in [0.2, 0.25) is 0 Å². The SMILES string of the molecule is O=COc1cc(OC=O)cc(OC(=O)c2ccccc2)c1. The van der Waals surface area contributed by atoms with Crippen molar-refractivity contribution in [3.05, 3.63) is 54.1 Å². The van der Waals surface area contributed by atoms with Crippen molar-refractivity contribution in [1.29, 1.82) is 0 Å². The number of esters is 1. The number of carbonyl (C=O) groups excluding carboxylic acids is 3. The van der Waals surface area contributed by atoms with Crippen molar-refractivity contribution in [2.24, 2.45) is 0 Å². The van der Waals surface area contributed by atoms with Crippen molar-refractivity contribution in [2.75, 3.05) is 0 Å². The first kappa shape index (κ1) is 14.3. The van der Waals surface area contributed by atoms with Gasteiger partial charge in [0.05, 0.1) is 5.56 Å². The molecular weight excluding hydrogens is 276 g/mol. The highest BCUT2D eigenvalue weighted by molar-refractivity contribution is 5.91. The van der Waals surface area contributed by atoms with Gasteiger partial charge in [-0.2, -0.15) is 0 Å². The zero-order valence-electron chi connectivity index (χ0n) is 10.7. The van der Waals surface area contributed by atoms with E-state index >= 15 is 0 Å². The maximum absolute atomic E-state index is 11.9. The summed E-state index contributed by atoms with van der Waals surface area (Å²) in [6, 6.07) is 12.3. The van der Waals surface area contributed by atoms with E-state index in [-0.39, 0.29) is 30.2 Å². The third-order valence-electron chi connectivity index (χ3n) is 2.44. The van der Waals surface area contributed by atoms with Gasteiger partial charge in [0.25, 0.3) is 12.9 Å². The monoisotopic (exact) mass is 286 g/mol. The van der Waals surface area contributed by atoms with Gasteiger partial charge in [-0.15, -0.1) is 0 Å². The second-order valence-corrected chi connectivity index (χ2v) is 3.82. The van der Waals surface area contributed by atoms with Gasteiger partial charge in [0, 0.05) is 18.2 Å².